The van der Waals surface area contributed by atoms with Crippen molar-refractivity contribution < 1.29 is 9.47 Å². The van der Waals surface area contributed by atoms with Crippen LogP contribution in [0.1, 0.15) is 30.2 Å². The predicted octanol–water partition coefficient (Wildman–Crippen LogP) is 2.22. The van der Waals surface area contributed by atoms with E-state index in [2.05, 4.69) is 24.1 Å². The quantitative estimate of drug-likeness (QED) is 0.885. The van der Waals surface area contributed by atoms with Crippen LogP contribution in [0.15, 0.2) is 6.20 Å². The largest absolute Gasteiger partial charge is 0.496 e. The Bertz CT molecular complexity index is 434. The monoisotopic (exact) mass is 264 g/mol. The third-order valence-electron chi connectivity index (χ3n) is 3.98. The van der Waals surface area contributed by atoms with E-state index in [0.717, 1.165) is 48.7 Å². The van der Waals surface area contributed by atoms with Crippen LogP contribution in [0.3, 0.4) is 0 Å². The molecule has 0 spiro atoms. The molecule has 1 aliphatic heterocycles. The molecular weight excluding hydrogens is 240 g/mol. The topological polar surface area (TPSA) is 43.4 Å². The zero-order valence-corrected chi connectivity index (χ0v) is 12.3. The van der Waals surface area contributed by atoms with Gasteiger partial charge in [0.2, 0.25) is 0 Å². The number of pyridine rings is 1. The first-order valence-corrected chi connectivity index (χ1v) is 6.95. The molecule has 1 aromatic rings. The summed E-state index contributed by atoms with van der Waals surface area (Å²) in [5.41, 5.74) is 3.28. The molecule has 0 radical (unpaired) electrons. The minimum atomic E-state index is 0.370. The van der Waals surface area contributed by atoms with Crippen LogP contribution in [0.25, 0.3) is 0 Å². The number of nitrogens with one attached hydrogen (secondary N) is 1. The molecule has 0 amide bonds. The van der Waals surface area contributed by atoms with E-state index in [0.29, 0.717) is 12.0 Å². The summed E-state index contributed by atoms with van der Waals surface area (Å²) in [4.78, 5) is 4.50. The maximum absolute atomic E-state index is 5.57. The highest BCUT2D eigenvalue weighted by Crippen LogP contribution is 2.24. The Hall–Kier alpha value is -1.13. The van der Waals surface area contributed by atoms with Gasteiger partial charge in [-0.25, -0.2) is 0 Å². The number of rotatable bonds is 5. The van der Waals surface area contributed by atoms with Crippen molar-refractivity contribution in [2.45, 2.75) is 39.8 Å². The van der Waals surface area contributed by atoms with Crippen molar-refractivity contribution in [1.82, 2.24) is 10.3 Å². The van der Waals surface area contributed by atoms with Gasteiger partial charge in [-0.15, -0.1) is 0 Å². The second-order valence-corrected chi connectivity index (χ2v) is 5.30. The van der Waals surface area contributed by atoms with Crippen molar-refractivity contribution in [3.8, 4) is 5.75 Å². The number of aryl methyl sites for hydroxylation is 1. The average molecular weight is 264 g/mol. The molecule has 0 aromatic carbocycles. The molecule has 0 bridgehead atoms. The molecule has 2 rings (SSSR count). The molecular formula is C15H24N2O2. The standard InChI is InChI=1S/C15H24N2O2/c1-10-7-17-14(11(2)15(10)18-4)9-16-8-13-5-6-19-12(13)3/h7,12-13,16H,5-6,8-9H2,1-4H3. The Morgan fingerprint density at radius 1 is 1.47 bits per heavy atom. The molecule has 2 unspecified atom stereocenters. The fourth-order valence-electron chi connectivity index (χ4n) is 2.67. The maximum Gasteiger partial charge on any atom is 0.128 e. The number of nitrogens with zero attached hydrogens (tertiary/aromatic N) is 1. The van der Waals surface area contributed by atoms with Gasteiger partial charge in [0.05, 0.1) is 18.9 Å². The zero-order chi connectivity index (χ0) is 13.8. The van der Waals surface area contributed by atoms with Crippen molar-refractivity contribution in [3.05, 3.63) is 23.0 Å². The summed E-state index contributed by atoms with van der Waals surface area (Å²) < 4.78 is 11.0. The Balaban J connectivity index is 1.92. The third kappa shape index (κ3) is 3.25. The molecule has 1 N–H and O–H groups in total. The van der Waals surface area contributed by atoms with Gasteiger partial charge in [-0.1, -0.05) is 0 Å². The summed E-state index contributed by atoms with van der Waals surface area (Å²) >= 11 is 0. The lowest BCUT2D eigenvalue weighted by molar-refractivity contribution is 0.105. The lowest BCUT2D eigenvalue weighted by Gasteiger charge is -2.16. The Morgan fingerprint density at radius 2 is 2.26 bits per heavy atom. The second kappa shape index (κ2) is 6.35. The molecule has 4 heteroatoms. The minimum Gasteiger partial charge on any atom is -0.496 e. The zero-order valence-electron chi connectivity index (χ0n) is 12.3. The first-order valence-electron chi connectivity index (χ1n) is 6.95. The van der Waals surface area contributed by atoms with Crippen LogP contribution < -0.4 is 10.1 Å². The Labute approximate surface area is 115 Å². The lowest BCUT2D eigenvalue weighted by Crippen LogP contribution is -2.27. The highest BCUT2D eigenvalue weighted by molar-refractivity contribution is 5.40. The van der Waals surface area contributed by atoms with Crippen LogP contribution in [-0.4, -0.2) is 31.3 Å². The molecule has 2 atom stereocenters. The molecule has 0 aliphatic carbocycles. The Morgan fingerprint density at radius 3 is 2.89 bits per heavy atom. The SMILES string of the molecule is COc1c(C)cnc(CNCC2CCOC2C)c1C. The van der Waals surface area contributed by atoms with E-state index in [1.54, 1.807) is 7.11 Å². The van der Waals surface area contributed by atoms with E-state index in [4.69, 9.17) is 9.47 Å². The second-order valence-electron chi connectivity index (χ2n) is 5.30. The summed E-state index contributed by atoms with van der Waals surface area (Å²) in [5.74, 6) is 1.57. The van der Waals surface area contributed by atoms with Crippen LogP contribution in [0.4, 0.5) is 0 Å². The first-order chi connectivity index (χ1) is 9.13. The van der Waals surface area contributed by atoms with Gasteiger partial charge in [0.15, 0.2) is 0 Å². The normalized spacial score (nSPS) is 22.7. The lowest BCUT2D eigenvalue weighted by atomic mass is 10.0. The highest BCUT2D eigenvalue weighted by Gasteiger charge is 2.23. The molecule has 2 heterocycles. The van der Waals surface area contributed by atoms with Gasteiger partial charge in [0, 0.05) is 37.0 Å². The smallest absolute Gasteiger partial charge is 0.128 e. The number of methoxy groups -OCH3 is 1. The minimum absolute atomic E-state index is 0.370. The summed E-state index contributed by atoms with van der Waals surface area (Å²) in [6, 6.07) is 0. The molecule has 19 heavy (non-hydrogen) atoms. The first kappa shape index (κ1) is 14.3. The summed E-state index contributed by atoms with van der Waals surface area (Å²) in [6.45, 7) is 8.90. The van der Waals surface area contributed by atoms with E-state index >= 15 is 0 Å². The highest BCUT2D eigenvalue weighted by atomic mass is 16.5. The third-order valence-corrected chi connectivity index (χ3v) is 3.98. The number of hydrogen-bond acceptors (Lipinski definition) is 4. The number of ether oxygens (including phenoxy) is 2. The molecule has 1 saturated heterocycles. The van der Waals surface area contributed by atoms with Crippen LogP contribution >= 0.6 is 0 Å². The van der Waals surface area contributed by atoms with Gasteiger partial charge in [-0.3, -0.25) is 4.98 Å². The van der Waals surface area contributed by atoms with Crippen LogP contribution in [-0.2, 0) is 11.3 Å². The van der Waals surface area contributed by atoms with E-state index in [-0.39, 0.29) is 0 Å². The predicted molar refractivity (Wildman–Crippen MR) is 75.5 cm³/mol. The summed E-state index contributed by atoms with van der Waals surface area (Å²) in [5, 5.41) is 3.49. The molecule has 4 nitrogen and oxygen atoms in total. The molecule has 1 fully saturated rings. The summed E-state index contributed by atoms with van der Waals surface area (Å²) in [6.07, 6.45) is 3.40. The van der Waals surface area contributed by atoms with Crippen molar-refractivity contribution >= 4 is 0 Å². The van der Waals surface area contributed by atoms with Crippen LogP contribution in [0, 0.1) is 19.8 Å². The molecule has 0 saturated carbocycles. The van der Waals surface area contributed by atoms with Gasteiger partial charge in [-0.05, 0) is 33.1 Å². The Kier molecular flexibility index (Phi) is 4.77. The number of hydrogen-bond donors (Lipinski definition) is 1. The van der Waals surface area contributed by atoms with Crippen molar-refractivity contribution in [3.63, 3.8) is 0 Å². The average Bonchev–Trinajstić information content (AvgIpc) is 2.79. The van der Waals surface area contributed by atoms with Crippen molar-refractivity contribution in [1.29, 1.82) is 0 Å². The van der Waals surface area contributed by atoms with Gasteiger partial charge >= 0.3 is 0 Å². The number of aromatic nitrogens is 1. The molecule has 1 aromatic heterocycles. The molecule has 106 valence electrons. The van der Waals surface area contributed by atoms with Gasteiger partial charge in [-0.2, -0.15) is 0 Å². The van der Waals surface area contributed by atoms with Gasteiger partial charge in [0.1, 0.15) is 5.75 Å². The van der Waals surface area contributed by atoms with E-state index in [9.17, 15) is 0 Å². The fourth-order valence-corrected chi connectivity index (χ4v) is 2.67. The van der Waals surface area contributed by atoms with E-state index in [1.165, 1.54) is 0 Å². The van der Waals surface area contributed by atoms with Crippen molar-refractivity contribution in [2.24, 2.45) is 5.92 Å². The van der Waals surface area contributed by atoms with Crippen molar-refractivity contribution in [2.75, 3.05) is 20.3 Å². The van der Waals surface area contributed by atoms with E-state index < -0.39 is 0 Å². The fraction of sp³-hybridized carbons (Fsp3) is 0.667. The maximum atomic E-state index is 5.57. The van der Waals surface area contributed by atoms with Gasteiger partial charge < -0.3 is 14.8 Å². The van der Waals surface area contributed by atoms with Crippen LogP contribution in [0.2, 0.25) is 0 Å². The van der Waals surface area contributed by atoms with Crippen LogP contribution in [0.5, 0.6) is 5.75 Å². The van der Waals surface area contributed by atoms with E-state index in [1.807, 2.05) is 13.1 Å². The van der Waals surface area contributed by atoms with Gasteiger partial charge in [0.25, 0.3) is 0 Å². The molecule has 1 aliphatic rings. The summed E-state index contributed by atoms with van der Waals surface area (Å²) in [7, 11) is 1.71.